The van der Waals surface area contributed by atoms with E-state index in [1.165, 1.54) is 16.0 Å². The van der Waals surface area contributed by atoms with E-state index in [4.69, 9.17) is 0 Å². The van der Waals surface area contributed by atoms with E-state index in [1.54, 1.807) is 7.05 Å². The average molecular weight is 298 g/mol. The zero-order valence-corrected chi connectivity index (χ0v) is 13.3. The Morgan fingerprint density at radius 1 is 1.00 bits per heavy atom. The van der Waals surface area contributed by atoms with Gasteiger partial charge in [-0.05, 0) is 61.8 Å². The molecule has 3 aliphatic rings. The van der Waals surface area contributed by atoms with Crippen molar-refractivity contribution < 1.29 is 9.59 Å². The summed E-state index contributed by atoms with van der Waals surface area (Å²) in [6.45, 7) is 4.20. The van der Waals surface area contributed by atoms with E-state index >= 15 is 0 Å². The number of nitrogens with one attached hydrogen (secondary N) is 1. The molecule has 0 radical (unpaired) electrons. The molecule has 3 fully saturated rings. The van der Waals surface area contributed by atoms with Crippen LogP contribution in [0.15, 0.2) is 18.2 Å². The summed E-state index contributed by atoms with van der Waals surface area (Å²) in [6, 6.07) is 6.79. The summed E-state index contributed by atoms with van der Waals surface area (Å²) in [5.41, 5.74) is 3.63. The Labute approximate surface area is 130 Å². The lowest BCUT2D eigenvalue weighted by Gasteiger charge is -2.30. The van der Waals surface area contributed by atoms with Crippen molar-refractivity contribution in [1.82, 2.24) is 4.90 Å². The maximum Gasteiger partial charge on any atom is 0.233 e. The first-order chi connectivity index (χ1) is 10.5. The van der Waals surface area contributed by atoms with E-state index in [0.717, 1.165) is 18.5 Å². The highest BCUT2D eigenvalue weighted by Gasteiger charge is 2.63. The lowest BCUT2D eigenvalue weighted by Crippen LogP contribution is -2.37. The van der Waals surface area contributed by atoms with Gasteiger partial charge in [0, 0.05) is 18.8 Å². The molecule has 2 saturated carbocycles. The molecule has 1 aromatic carbocycles. The van der Waals surface area contributed by atoms with Crippen LogP contribution in [0.4, 0.5) is 5.69 Å². The third-order valence-corrected chi connectivity index (χ3v) is 5.81. The number of hydrogen-bond acceptors (Lipinski definition) is 3. The van der Waals surface area contributed by atoms with Crippen LogP contribution in [0.5, 0.6) is 0 Å². The first-order valence-electron chi connectivity index (χ1n) is 8.12. The minimum absolute atomic E-state index is 0.0365. The summed E-state index contributed by atoms with van der Waals surface area (Å²) < 4.78 is 0. The van der Waals surface area contributed by atoms with Crippen LogP contribution in [0.2, 0.25) is 0 Å². The van der Waals surface area contributed by atoms with Crippen LogP contribution < -0.4 is 5.32 Å². The molecular formula is C18H22N2O2. The maximum absolute atomic E-state index is 12.4. The van der Waals surface area contributed by atoms with E-state index in [-0.39, 0.29) is 23.7 Å². The lowest BCUT2D eigenvalue weighted by molar-refractivity contribution is -0.139. The van der Waals surface area contributed by atoms with Crippen LogP contribution >= 0.6 is 0 Å². The largest absolute Gasteiger partial charge is 0.382 e. The van der Waals surface area contributed by atoms with Crippen LogP contribution in [0.1, 0.15) is 24.0 Å². The van der Waals surface area contributed by atoms with Crippen LogP contribution in [0.25, 0.3) is 0 Å². The van der Waals surface area contributed by atoms with Gasteiger partial charge in [0.1, 0.15) is 0 Å². The molecule has 2 bridgehead atoms. The summed E-state index contributed by atoms with van der Waals surface area (Å²) >= 11 is 0. The number of nitrogens with zero attached hydrogens (tertiary/aromatic N) is 1. The Balaban J connectivity index is 1.57. The zero-order chi connectivity index (χ0) is 15.6. The molecule has 1 heterocycles. The van der Waals surface area contributed by atoms with E-state index in [0.29, 0.717) is 17.9 Å². The third-order valence-electron chi connectivity index (χ3n) is 5.81. The predicted octanol–water partition coefficient (Wildman–Crippen LogP) is 2.35. The molecule has 1 aliphatic heterocycles. The normalized spacial score (nSPS) is 36.1. The van der Waals surface area contributed by atoms with Crippen molar-refractivity contribution in [3.05, 3.63) is 29.3 Å². The van der Waals surface area contributed by atoms with E-state index in [1.807, 2.05) is 0 Å². The lowest BCUT2D eigenvalue weighted by atomic mass is 9.78. The number of likely N-dealkylation sites (tertiary alicyclic amines) is 1. The highest BCUT2D eigenvalue weighted by Crippen LogP contribution is 2.56. The van der Waals surface area contributed by atoms with Crippen LogP contribution in [0, 0.1) is 37.5 Å². The van der Waals surface area contributed by atoms with Gasteiger partial charge in [-0.15, -0.1) is 0 Å². The minimum Gasteiger partial charge on any atom is -0.382 e. The van der Waals surface area contributed by atoms with Gasteiger partial charge in [0.15, 0.2) is 0 Å². The number of benzene rings is 1. The zero-order valence-electron chi connectivity index (χ0n) is 13.3. The number of fused-ring (bicyclic) bond motifs is 5. The molecule has 4 nitrogen and oxygen atoms in total. The number of carbonyl (C=O) groups is 2. The molecule has 5 atom stereocenters. The Kier molecular flexibility index (Phi) is 2.87. The average Bonchev–Trinajstić information content (AvgIpc) is 3.06. The van der Waals surface area contributed by atoms with Gasteiger partial charge in [0.05, 0.1) is 11.8 Å². The molecule has 0 spiro atoms. The topological polar surface area (TPSA) is 49.4 Å². The van der Waals surface area contributed by atoms with E-state index in [9.17, 15) is 9.59 Å². The van der Waals surface area contributed by atoms with Crippen molar-refractivity contribution in [1.29, 1.82) is 0 Å². The monoisotopic (exact) mass is 298 g/mol. The number of aryl methyl sites for hydroxylation is 2. The molecule has 0 aromatic heterocycles. The van der Waals surface area contributed by atoms with Crippen LogP contribution in [-0.2, 0) is 9.59 Å². The molecule has 4 heteroatoms. The summed E-state index contributed by atoms with van der Waals surface area (Å²) in [7, 11) is 1.63. The van der Waals surface area contributed by atoms with Gasteiger partial charge in [0.25, 0.3) is 0 Å². The van der Waals surface area contributed by atoms with Crippen molar-refractivity contribution in [2.24, 2.45) is 23.7 Å². The second-order valence-corrected chi connectivity index (χ2v) is 7.31. The quantitative estimate of drug-likeness (QED) is 0.853. The van der Waals surface area contributed by atoms with Gasteiger partial charge in [-0.1, -0.05) is 6.07 Å². The summed E-state index contributed by atoms with van der Waals surface area (Å²) in [4.78, 5) is 26.0. The Morgan fingerprint density at radius 2 is 1.64 bits per heavy atom. The number of amides is 2. The van der Waals surface area contributed by atoms with E-state index in [2.05, 4.69) is 37.4 Å². The second kappa shape index (κ2) is 4.58. The molecule has 116 valence electrons. The third kappa shape index (κ3) is 1.82. The van der Waals surface area contributed by atoms with Crippen molar-refractivity contribution in [3.63, 3.8) is 0 Å². The number of anilines is 1. The Bertz CT molecular complexity index is 649. The fourth-order valence-electron chi connectivity index (χ4n) is 5.05. The maximum atomic E-state index is 12.4. The van der Waals surface area contributed by atoms with Gasteiger partial charge in [0.2, 0.25) is 11.8 Å². The standard InChI is InChI=1S/C18H22N2O2/c1-9-4-10(2)6-12(5-9)19-14-8-11-7-13(14)16-15(11)17(21)20(3)18(16)22/h4-6,11,13-16,19H,7-8H2,1-3H3/t11-,13+,14+,15+,16-/m1/s1. The van der Waals surface area contributed by atoms with Crippen molar-refractivity contribution in [3.8, 4) is 0 Å². The molecule has 1 N–H and O–H groups in total. The first-order valence-corrected chi connectivity index (χ1v) is 8.12. The van der Waals surface area contributed by atoms with Gasteiger partial charge in [-0.2, -0.15) is 0 Å². The highest BCUT2D eigenvalue weighted by molar-refractivity contribution is 6.05. The van der Waals surface area contributed by atoms with Crippen LogP contribution in [-0.4, -0.2) is 29.8 Å². The van der Waals surface area contributed by atoms with Gasteiger partial charge in [-0.25, -0.2) is 0 Å². The fraction of sp³-hybridized carbons (Fsp3) is 0.556. The summed E-state index contributed by atoms with van der Waals surface area (Å²) in [5.74, 6) is 0.637. The molecule has 1 aromatic rings. The van der Waals surface area contributed by atoms with Gasteiger partial charge in [-0.3, -0.25) is 14.5 Å². The number of carbonyl (C=O) groups excluding carboxylic acids is 2. The van der Waals surface area contributed by atoms with E-state index < -0.39 is 0 Å². The van der Waals surface area contributed by atoms with Crippen LogP contribution in [0.3, 0.4) is 0 Å². The SMILES string of the molecule is Cc1cc(C)cc(N[C@H]2C[C@H]3C[C@@H]2[C@H]2C(=O)N(C)C(=O)[C@@H]32)c1. The smallest absolute Gasteiger partial charge is 0.233 e. The molecular weight excluding hydrogens is 276 g/mol. The fourth-order valence-corrected chi connectivity index (χ4v) is 5.05. The van der Waals surface area contributed by atoms with Gasteiger partial charge >= 0.3 is 0 Å². The number of hydrogen-bond donors (Lipinski definition) is 1. The van der Waals surface area contributed by atoms with Crippen molar-refractivity contribution >= 4 is 17.5 Å². The molecule has 0 unspecified atom stereocenters. The highest BCUT2D eigenvalue weighted by atomic mass is 16.2. The molecule has 1 saturated heterocycles. The first kappa shape index (κ1) is 13.8. The molecule has 2 amide bonds. The number of rotatable bonds is 2. The Hall–Kier alpha value is -1.84. The molecule has 4 rings (SSSR count). The molecule has 22 heavy (non-hydrogen) atoms. The minimum atomic E-state index is -0.0837. The number of imide groups is 1. The second-order valence-electron chi connectivity index (χ2n) is 7.31. The van der Waals surface area contributed by atoms with Crippen molar-refractivity contribution in [2.45, 2.75) is 32.7 Å². The predicted molar refractivity (Wildman–Crippen MR) is 84.3 cm³/mol. The van der Waals surface area contributed by atoms with Gasteiger partial charge < -0.3 is 5.32 Å². The summed E-state index contributed by atoms with van der Waals surface area (Å²) in [5, 5.41) is 3.63. The van der Waals surface area contributed by atoms with Crippen molar-refractivity contribution in [2.75, 3.05) is 12.4 Å². The Morgan fingerprint density at radius 3 is 2.32 bits per heavy atom. The summed E-state index contributed by atoms with van der Waals surface area (Å²) in [6.07, 6.45) is 2.02. The molecule has 2 aliphatic carbocycles.